The zero-order chi connectivity index (χ0) is 47.6. The van der Waals surface area contributed by atoms with Crippen molar-refractivity contribution in [3.05, 3.63) is 169 Å². The van der Waals surface area contributed by atoms with Crippen molar-refractivity contribution in [3.8, 4) is 56.7 Å². The number of imidazole rings is 2. The van der Waals surface area contributed by atoms with Crippen LogP contribution in [0.1, 0.15) is 48.8 Å². The number of anilines is 2. The second-order valence-corrected chi connectivity index (χ2v) is 18.9. The molecule has 15 nitrogen and oxygen atoms in total. The van der Waals surface area contributed by atoms with E-state index in [2.05, 4.69) is 135 Å². The van der Waals surface area contributed by atoms with Gasteiger partial charge >= 0.3 is 0 Å². The van der Waals surface area contributed by atoms with E-state index >= 15 is 0 Å². The van der Waals surface area contributed by atoms with Gasteiger partial charge in [-0.05, 0) is 142 Å². The highest BCUT2D eigenvalue weighted by molar-refractivity contribution is 5.86. The monoisotopic (exact) mass is 921 g/mol. The van der Waals surface area contributed by atoms with Gasteiger partial charge in [0.15, 0.2) is 22.9 Å². The maximum atomic E-state index is 7.44. The number of nitrogen functional groups attached to an aromatic ring is 1. The predicted octanol–water partition coefficient (Wildman–Crippen LogP) is 8.81. The van der Waals surface area contributed by atoms with E-state index in [0.29, 0.717) is 34.2 Å². The summed E-state index contributed by atoms with van der Waals surface area (Å²) in [6.07, 6.45) is 13.2. The lowest BCUT2D eigenvalue weighted by atomic mass is 9.68. The minimum Gasteiger partial charge on any atom is -0.383 e. The lowest BCUT2D eigenvalue weighted by molar-refractivity contribution is 0.219. The van der Waals surface area contributed by atoms with Crippen LogP contribution in [0, 0.1) is 0 Å². The van der Waals surface area contributed by atoms with Crippen molar-refractivity contribution in [2.75, 3.05) is 25.1 Å². The first-order valence-electron chi connectivity index (χ1n) is 23.6. The number of nitrogens with zero attached hydrogens (tertiary/aromatic N) is 11. The van der Waals surface area contributed by atoms with Gasteiger partial charge in [0, 0.05) is 65.4 Å². The molecular weight excluding hydrogens is 871 g/mol. The Bertz CT molecular complexity index is 3560. The predicted molar refractivity (Wildman–Crippen MR) is 275 cm³/mol. The minimum atomic E-state index is -0.701. The number of rotatable bonds is 12. The van der Waals surface area contributed by atoms with E-state index in [9.17, 15) is 0 Å². The Balaban J connectivity index is 0.900. The van der Waals surface area contributed by atoms with E-state index in [-0.39, 0.29) is 11.6 Å². The van der Waals surface area contributed by atoms with Crippen LogP contribution in [0.25, 0.3) is 79.0 Å². The summed E-state index contributed by atoms with van der Waals surface area (Å²) in [4.78, 5) is 40.7. The van der Waals surface area contributed by atoms with Crippen molar-refractivity contribution >= 4 is 34.0 Å². The molecule has 346 valence electrons. The number of pyridine rings is 4. The highest BCUT2D eigenvalue weighted by atomic mass is 15.2. The number of nitrogens with two attached hydrogens (primary N) is 3. The maximum Gasteiger partial charge on any atom is 0.165 e. The summed E-state index contributed by atoms with van der Waals surface area (Å²) in [5.41, 5.74) is 32.7. The standard InChI is InChI=1S/C55H51N15/c1-68(2)32-34-7-3-8-35(29-34)43-19-21-46-52(63-43)70(39-15-11-37(12-16-39)54(57)24-6-25-54)51(66-46)42-10-5-28-62-49(42)67-47-23-26-55(47,58)38-13-17-40(18-14-38)69-50(41-9-4-27-61-48(41)56)65-45-22-20-44(64-53(45)69)36-30-59-33-60-31-36/h3-5,7-22,27-31,33,47H,6,23-26,32,57-58H2,1-2H3,(H2,56,61)(H,62,67). The molecule has 70 heavy (non-hydrogen) atoms. The summed E-state index contributed by atoms with van der Waals surface area (Å²) < 4.78 is 4.16. The van der Waals surface area contributed by atoms with Gasteiger partial charge in [-0.15, -0.1) is 0 Å². The van der Waals surface area contributed by atoms with Crippen molar-refractivity contribution in [3.63, 3.8) is 0 Å². The van der Waals surface area contributed by atoms with E-state index < -0.39 is 5.54 Å². The summed E-state index contributed by atoms with van der Waals surface area (Å²) in [6, 6.07) is 41.1. The average Bonchev–Trinajstić information content (AvgIpc) is 3.95. The summed E-state index contributed by atoms with van der Waals surface area (Å²) in [6.45, 7) is 0.831. The lowest BCUT2D eigenvalue weighted by Crippen LogP contribution is -2.59. The molecule has 2 saturated carbocycles. The highest BCUT2D eigenvalue weighted by Gasteiger charge is 2.45. The molecule has 3 aromatic carbocycles. The number of fused-ring (bicyclic) bond motifs is 2. The van der Waals surface area contributed by atoms with Gasteiger partial charge in [0.25, 0.3) is 0 Å². The number of nitrogens with one attached hydrogen (secondary N) is 1. The molecule has 2 fully saturated rings. The number of benzene rings is 3. The molecule has 15 heteroatoms. The van der Waals surface area contributed by atoms with Crippen LogP contribution in [0.5, 0.6) is 0 Å². The first-order valence-corrected chi connectivity index (χ1v) is 23.6. The van der Waals surface area contributed by atoms with Crippen molar-refractivity contribution in [1.82, 2.24) is 53.9 Å². The quantitative estimate of drug-likeness (QED) is 0.0905. The third-order valence-corrected chi connectivity index (χ3v) is 14.1. The van der Waals surface area contributed by atoms with Crippen LogP contribution in [-0.4, -0.2) is 74.0 Å². The molecule has 0 aliphatic heterocycles. The Morgan fingerprint density at radius 3 is 1.86 bits per heavy atom. The summed E-state index contributed by atoms with van der Waals surface area (Å²) in [5, 5.41) is 3.80. The molecule has 0 saturated heterocycles. The molecule has 12 rings (SSSR count). The average molecular weight is 922 g/mol. The second-order valence-electron chi connectivity index (χ2n) is 18.9. The molecule has 7 heterocycles. The molecule has 2 aliphatic carbocycles. The van der Waals surface area contributed by atoms with E-state index in [1.807, 2.05) is 41.1 Å². The van der Waals surface area contributed by atoms with Gasteiger partial charge in [-0.2, -0.15) is 0 Å². The molecule has 0 radical (unpaired) electrons. The molecule has 2 atom stereocenters. The summed E-state index contributed by atoms with van der Waals surface area (Å²) in [5.74, 6) is 2.40. The summed E-state index contributed by atoms with van der Waals surface area (Å²) >= 11 is 0. The normalized spacial score (nSPS) is 17.4. The first kappa shape index (κ1) is 43.1. The molecule has 7 N–H and O–H groups in total. The van der Waals surface area contributed by atoms with Crippen LogP contribution in [0.3, 0.4) is 0 Å². The zero-order valence-corrected chi connectivity index (χ0v) is 38.9. The molecule has 10 aromatic rings. The van der Waals surface area contributed by atoms with E-state index in [0.717, 1.165) is 106 Å². The molecule has 2 unspecified atom stereocenters. The highest BCUT2D eigenvalue weighted by Crippen LogP contribution is 2.44. The maximum absolute atomic E-state index is 7.44. The SMILES string of the molecule is CN(C)Cc1cccc(-c2ccc3nc(-c4cccnc4NC4CCC4(N)c4ccc(-n5c(-c6cccnc6N)nc6ccc(-c7cncnc7)nc65)cc4)n(-c4ccc(C5(N)CCC5)cc4)c3n2)c1. The van der Waals surface area contributed by atoms with Crippen molar-refractivity contribution in [1.29, 1.82) is 0 Å². The van der Waals surface area contributed by atoms with Crippen LogP contribution >= 0.6 is 0 Å². The zero-order valence-electron chi connectivity index (χ0n) is 38.9. The molecular formula is C55H51N15. The molecule has 0 bridgehead atoms. The Hall–Kier alpha value is -8.24. The van der Waals surface area contributed by atoms with Crippen LogP contribution in [-0.2, 0) is 17.6 Å². The lowest BCUT2D eigenvalue weighted by Gasteiger charge is -2.48. The van der Waals surface area contributed by atoms with Gasteiger partial charge in [-0.25, -0.2) is 39.9 Å². The Labute approximate surface area is 404 Å². The Morgan fingerprint density at radius 2 is 1.26 bits per heavy atom. The van der Waals surface area contributed by atoms with Gasteiger partial charge < -0.3 is 27.4 Å². The van der Waals surface area contributed by atoms with Crippen molar-refractivity contribution in [2.45, 2.75) is 55.8 Å². The van der Waals surface area contributed by atoms with Crippen molar-refractivity contribution in [2.24, 2.45) is 11.5 Å². The smallest absolute Gasteiger partial charge is 0.165 e. The van der Waals surface area contributed by atoms with Gasteiger partial charge in [0.1, 0.15) is 29.0 Å². The third-order valence-electron chi connectivity index (χ3n) is 14.1. The number of hydrogen-bond acceptors (Lipinski definition) is 13. The number of aromatic nitrogens is 10. The van der Waals surface area contributed by atoms with E-state index in [1.165, 1.54) is 11.9 Å². The van der Waals surface area contributed by atoms with Gasteiger partial charge in [0.05, 0.1) is 28.1 Å². The fourth-order valence-electron chi connectivity index (χ4n) is 10.0. The molecule has 2 aliphatic rings. The number of hydrogen-bond donors (Lipinski definition) is 4. The van der Waals surface area contributed by atoms with Crippen LogP contribution in [0.15, 0.2) is 152 Å². The third kappa shape index (κ3) is 7.51. The first-order chi connectivity index (χ1) is 34.1. The van der Waals surface area contributed by atoms with Gasteiger partial charge in [-0.1, -0.05) is 42.5 Å². The van der Waals surface area contributed by atoms with Gasteiger partial charge in [-0.3, -0.25) is 9.13 Å². The van der Waals surface area contributed by atoms with E-state index in [1.54, 1.807) is 18.6 Å². The van der Waals surface area contributed by atoms with E-state index in [4.69, 9.17) is 42.1 Å². The van der Waals surface area contributed by atoms with Crippen LogP contribution in [0.2, 0.25) is 0 Å². The van der Waals surface area contributed by atoms with Crippen molar-refractivity contribution < 1.29 is 0 Å². The summed E-state index contributed by atoms with van der Waals surface area (Å²) in [7, 11) is 4.16. The Kier molecular flexibility index (Phi) is 10.5. The molecule has 0 spiro atoms. The van der Waals surface area contributed by atoms with Crippen LogP contribution < -0.4 is 22.5 Å². The van der Waals surface area contributed by atoms with Gasteiger partial charge in [0.2, 0.25) is 0 Å². The Morgan fingerprint density at radius 1 is 0.643 bits per heavy atom. The van der Waals surface area contributed by atoms with Crippen LogP contribution in [0.4, 0.5) is 11.6 Å². The second kappa shape index (κ2) is 17.1. The largest absolute Gasteiger partial charge is 0.383 e. The fourth-order valence-corrected chi connectivity index (χ4v) is 10.0. The topological polar surface area (TPSA) is 206 Å². The molecule has 0 amide bonds. The fraction of sp³-hybridized carbons (Fsp3) is 0.200. The minimum absolute atomic E-state index is 0.136. The molecule has 7 aromatic heterocycles.